The van der Waals surface area contributed by atoms with Crippen LogP contribution in [-0.4, -0.2) is 27.3 Å². The third kappa shape index (κ3) is 1.86. The quantitative estimate of drug-likeness (QED) is 0.752. The molecule has 0 radical (unpaired) electrons. The predicted molar refractivity (Wildman–Crippen MR) is 69.0 cm³/mol. The summed E-state index contributed by atoms with van der Waals surface area (Å²) in [6.45, 7) is 1.15. The predicted octanol–water partition coefficient (Wildman–Crippen LogP) is 1.88. The number of pyridine rings is 1. The van der Waals surface area contributed by atoms with Crippen molar-refractivity contribution < 1.29 is 9.13 Å². The van der Waals surface area contributed by atoms with E-state index in [1.54, 1.807) is 7.05 Å². The van der Waals surface area contributed by atoms with Crippen molar-refractivity contribution in [1.29, 1.82) is 0 Å². The van der Waals surface area contributed by atoms with Gasteiger partial charge in [-0.25, -0.2) is 14.2 Å². The third-order valence-electron chi connectivity index (χ3n) is 3.58. The highest BCUT2D eigenvalue weighted by atomic mass is 35.5. The molecule has 0 aliphatic carbocycles. The van der Waals surface area contributed by atoms with Crippen LogP contribution >= 0.6 is 11.6 Å². The largest absolute Gasteiger partial charge is 0.381 e. The van der Waals surface area contributed by atoms with E-state index in [9.17, 15) is 9.18 Å². The summed E-state index contributed by atoms with van der Waals surface area (Å²) in [4.78, 5) is 16.1. The molecule has 0 spiro atoms. The number of halogens is 2. The summed E-state index contributed by atoms with van der Waals surface area (Å²) in [6, 6.07) is -0.0575. The van der Waals surface area contributed by atoms with Gasteiger partial charge in [0.15, 0.2) is 11.0 Å². The Morgan fingerprint density at radius 2 is 2.16 bits per heavy atom. The fourth-order valence-corrected chi connectivity index (χ4v) is 2.70. The molecule has 2 aromatic rings. The van der Waals surface area contributed by atoms with E-state index in [1.807, 2.05) is 0 Å². The average molecular weight is 286 g/mol. The lowest BCUT2D eigenvalue weighted by atomic mass is 10.1. The Balaban J connectivity index is 2.30. The van der Waals surface area contributed by atoms with Crippen LogP contribution in [0, 0.1) is 5.82 Å². The summed E-state index contributed by atoms with van der Waals surface area (Å²) in [5.41, 5.74) is 0.447. The lowest BCUT2D eigenvalue weighted by Gasteiger charge is -2.23. The van der Waals surface area contributed by atoms with E-state index in [1.165, 1.54) is 15.3 Å². The van der Waals surface area contributed by atoms with Crippen molar-refractivity contribution in [2.45, 2.75) is 18.9 Å². The van der Waals surface area contributed by atoms with Gasteiger partial charge in [0.2, 0.25) is 0 Å². The summed E-state index contributed by atoms with van der Waals surface area (Å²) < 4.78 is 22.4. The van der Waals surface area contributed by atoms with Gasteiger partial charge in [-0.15, -0.1) is 0 Å². The molecule has 0 unspecified atom stereocenters. The molecular formula is C12H13ClFN3O2. The molecule has 19 heavy (non-hydrogen) atoms. The highest BCUT2D eigenvalue weighted by Gasteiger charge is 2.25. The number of imidazole rings is 1. The zero-order chi connectivity index (χ0) is 13.6. The second kappa shape index (κ2) is 4.61. The van der Waals surface area contributed by atoms with Gasteiger partial charge < -0.3 is 4.74 Å². The SMILES string of the molecule is Cn1c(=O)n(C2CCOCC2)c2c(F)c(Cl)ncc21. The first-order valence-electron chi connectivity index (χ1n) is 6.10. The number of aryl methyl sites for hydroxylation is 1. The zero-order valence-corrected chi connectivity index (χ0v) is 11.2. The molecule has 1 aliphatic rings. The smallest absolute Gasteiger partial charge is 0.329 e. The van der Waals surface area contributed by atoms with Crippen molar-refractivity contribution in [2.75, 3.05) is 13.2 Å². The van der Waals surface area contributed by atoms with Crippen molar-refractivity contribution >= 4 is 22.6 Å². The second-order valence-electron chi connectivity index (χ2n) is 4.65. The van der Waals surface area contributed by atoms with Gasteiger partial charge in [0, 0.05) is 26.3 Å². The van der Waals surface area contributed by atoms with E-state index < -0.39 is 5.82 Å². The van der Waals surface area contributed by atoms with Crippen LogP contribution in [0.4, 0.5) is 4.39 Å². The molecule has 0 atom stereocenters. The van der Waals surface area contributed by atoms with Crippen molar-refractivity contribution in [1.82, 2.24) is 14.1 Å². The Hall–Kier alpha value is -1.40. The molecule has 1 saturated heterocycles. The molecule has 2 aromatic heterocycles. The van der Waals surface area contributed by atoms with Gasteiger partial charge >= 0.3 is 5.69 Å². The molecule has 1 aliphatic heterocycles. The maximum Gasteiger partial charge on any atom is 0.329 e. The van der Waals surface area contributed by atoms with E-state index >= 15 is 0 Å². The minimum absolute atomic E-state index is 0.0575. The normalized spacial score (nSPS) is 17.2. The number of nitrogens with zero attached hydrogens (tertiary/aromatic N) is 3. The summed E-state index contributed by atoms with van der Waals surface area (Å²) in [7, 11) is 1.61. The van der Waals surface area contributed by atoms with Crippen LogP contribution in [-0.2, 0) is 11.8 Å². The molecule has 0 amide bonds. The number of rotatable bonds is 1. The van der Waals surface area contributed by atoms with E-state index in [0.717, 1.165) is 0 Å². The number of ether oxygens (including phenoxy) is 1. The number of hydrogen-bond acceptors (Lipinski definition) is 3. The maximum atomic E-state index is 14.2. The van der Waals surface area contributed by atoms with Crippen molar-refractivity contribution in [2.24, 2.45) is 7.05 Å². The summed E-state index contributed by atoms with van der Waals surface area (Å²) in [5.74, 6) is -0.636. The Bertz CT molecular complexity index is 688. The van der Waals surface area contributed by atoms with Crippen LogP contribution in [0.25, 0.3) is 11.0 Å². The van der Waals surface area contributed by atoms with E-state index in [4.69, 9.17) is 16.3 Å². The maximum absolute atomic E-state index is 14.2. The van der Waals surface area contributed by atoms with Crippen molar-refractivity contribution in [3.63, 3.8) is 0 Å². The number of fused-ring (bicyclic) bond motifs is 1. The fraction of sp³-hybridized carbons (Fsp3) is 0.500. The first kappa shape index (κ1) is 12.6. The van der Waals surface area contributed by atoms with E-state index in [0.29, 0.717) is 31.6 Å². The Kier molecular flexibility index (Phi) is 3.06. The first-order chi connectivity index (χ1) is 9.11. The molecule has 3 heterocycles. The minimum Gasteiger partial charge on any atom is -0.381 e. The molecule has 3 rings (SSSR count). The topological polar surface area (TPSA) is 49.0 Å². The third-order valence-corrected chi connectivity index (χ3v) is 3.85. The fourth-order valence-electron chi connectivity index (χ4n) is 2.56. The number of hydrogen-bond donors (Lipinski definition) is 0. The average Bonchev–Trinajstić information content (AvgIpc) is 2.68. The Morgan fingerprint density at radius 1 is 1.47 bits per heavy atom. The highest BCUT2D eigenvalue weighted by molar-refractivity contribution is 6.30. The molecular weight excluding hydrogens is 273 g/mol. The lowest BCUT2D eigenvalue weighted by Crippen LogP contribution is -2.30. The van der Waals surface area contributed by atoms with Gasteiger partial charge in [-0.3, -0.25) is 9.13 Å². The summed E-state index contributed by atoms with van der Waals surface area (Å²) in [5, 5.41) is -0.209. The molecule has 0 aromatic carbocycles. The first-order valence-corrected chi connectivity index (χ1v) is 6.47. The zero-order valence-electron chi connectivity index (χ0n) is 10.4. The van der Waals surface area contributed by atoms with Gasteiger partial charge in [0.25, 0.3) is 0 Å². The van der Waals surface area contributed by atoms with Gasteiger partial charge in [-0.05, 0) is 12.8 Å². The highest BCUT2D eigenvalue weighted by Crippen LogP contribution is 2.27. The second-order valence-corrected chi connectivity index (χ2v) is 5.01. The molecule has 7 heteroatoms. The van der Waals surface area contributed by atoms with Gasteiger partial charge in [-0.1, -0.05) is 11.6 Å². The van der Waals surface area contributed by atoms with E-state index in [2.05, 4.69) is 4.98 Å². The standard InChI is InChI=1S/C12H13ClFN3O2/c1-16-8-6-15-11(13)9(14)10(8)17(12(16)18)7-2-4-19-5-3-7/h6-7H,2-5H2,1H3. The molecule has 5 nitrogen and oxygen atoms in total. The summed E-state index contributed by atoms with van der Waals surface area (Å²) >= 11 is 5.72. The van der Waals surface area contributed by atoms with Crippen LogP contribution in [0.15, 0.2) is 11.0 Å². The Labute approximate surface area is 113 Å². The van der Waals surface area contributed by atoms with Crippen molar-refractivity contribution in [3.8, 4) is 0 Å². The summed E-state index contributed by atoms with van der Waals surface area (Å²) in [6.07, 6.45) is 2.81. The van der Waals surface area contributed by atoms with Crippen LogP contribution < -0.4 is 5.69 Å². The van der Waals surface area contributed by atoms with Crippen molar-refractivity contribution in [3.05, 3.63) is 27.7 Å². The van der Waals surface area contributed by atoms with Gasteiger partial charge in [0.1, 0.15) is 5.52 Å². The molecule has 0 saturated carbocycles. The van der Waals surface area contributed by atoms with Crippen LogP contribution in [0.5, 0.6) is 0 Å². The van der Waals surface area contributed by atoms with Crippen LogP contribution in [0.3, 0.4) is 0 Å². The minimum atomic E-state index is -0.636. The molecule has 0 N–H and O–H groups in total. The van der Waals surface area contributed by atoms with Gasteiger partial charge in [0.05, 0.1) is 11.7 Å². The monoisotopic (exact) mass is 285 g/mol. The van der Waals surface area contributed by atoms with Gasteiger partial charge in [-0.2, -0.15) is 0 Å². The van der Waals surface area contributed by atoms with Crippen LogP contribution in [0.2, 0.25) is 5.15 Å². The molecule has 0 bridgehead atoms. The molecule has 1 fully saturated rings. The lowest BCUT2D eigenvalue weighted by molar-refractivity contribution is 0.0695. The van der Waals surface area contributed by atoms with E-state index in [-0.39, 0.29) is 22.4 Å². The van der Waals surface area contributed by atoms with Crippen LogP contribution in [0.1, 0.15) is 18.9 Å². The Morgan fingerprint density at radius 3 is 2.84 bits per heavy atom. The number of aromatic nitrogens is 3. The molecule has 102 valence electrons.